The summed E-state index contributed by atoms with van der Waals surface area (Å²) >= 11 is 3.92. The minimum Gasteiger partial charge on any atom is -0.387 e. The first-order chi connectivity index (χ1) is 8.61. The SMILES string of the molecule is CCc1ccc(C(O)C2CSC(C)C(C)S2)cc1. The second kappa shape index (κ2) is 6.36. The fraction of sp³-hybridized carbons (Fsp3) is 0.600. The van der Waals surface area contributed by atoms with Gasteiger partial charge in [0.15, 0.2) is 0 Å². The van der Waals surface area contributed by atoms with Gasteiger partial charge in [0.2, 0.25) is 0 Å². The van der Waals surface area contributed by atoms with Crippen molar-refractivity contribution < 1.29 is 5.11 Å². The summed E-state index contributed by atoms with van der Waals surface area (Å²) in [5.41, 5.74) is 2.39. The molecule has 4 unspecified atom stereocenters. The van der Waals surface area contributed by atoms with E-state index in [1.165, 1.54) is 5.56 Å². The first kappa shape index (κ1) is 14.3. The molecule has 0 bridgehead atoms. The minimum atomic E-state index is -0.330. The number of aliphatic hydroxyl groups excluding tert-OH is 1. The van der Waals surface area contributed by atoms with E-state index in [0.29, 0.717) is 15.7 Å². The van der Waals surface area contributed by atoms with Crippen LogP contribution in [0.5, 0.6) is 0 Å². The Labute approximate surface area is 119 Å². The van der Waals surface area contributed by atoms with E-state index >= 15 is 0 Å². The Balaban J connectivity index is 2.03. The van der Waals surface area contributed by atoms with E-state index < -0.39 is 0 Å². The highest BCUT2D eigenvalue weighted by Crippen LogP contribution is 2.40. The number of rotatable bonds is 3. The molecule has 1 aliphatic rings. The Kier molecular flexibility index (Phi) is 5.05. The summed E-state index contributed by atoms with van der Waals surface area (Å²) in [7, 11) is 0. The van der Waals surface area contributed by atoms with Crippen molar-refractivity contribution in [3.8, 4) is 0 Å². The Morgan fingerprint density at radius 2 is 1.89 bits per heavy atom. The molecular formula is C15H22OS2. The molecular weight excluding hydrogens is 260 g/mol. The minimum absolute atomic E-state index is 0.327. The zero-order valence-corrected chi connectivity index (χ0v) is 12.9. The molecule has 1 fully saturated rings. The molecule has 4 atom stereocenters. The third-order valence-corrected chi connectivity index (χ3v) is 7.14. The summed E-state index contributed by atoms with van der Waals surface area (Å²) in [6.07, 6.45) is 0.724. The number of aryl methyl sites for hydroxylation is 1. The number of thioether (sulfide) groups is 2. The van der Waals surface area contributed by atoms with E-state index in [0.717, 1.165) is 17.7 Å². The molecule has 1 saturated heterocycles. The molecule has 0 aliphatic carbocycles. The van der Waals surface area contributed by atoms with Crippen LogP contribution >= 0.6 is 23.5 Å². The van der Waals surface area contributed by atoms with Crippen LogP contribution < -0.4 is 0 Å². The van der Waals surface area contributed by atoms with Gasteiger partial charge in [-0.05, 0) is 17.5 Å². The van der Waals surface area contributed by atoms with Crippen LogP contribution in [0.2, 0.25) is 0 Å². The van der Waals surface area contributed by atoms with E-state index in [1.54, 1.807) is 0 Å². The Bertz CT molecular complexity index is 377. The molecule has 1 heterocycles. The normalized spacial score (nSPS) is 30.1. The highest BCUT2D eigenvalue weighted by atomic mass is 32.2. The smallest absolute Gasteiger partial charge is 0.0916 e. The number of hydrogen-bond donors (Lipinski definition) is 1. The van der Waals surface area contributed by atoms with Gasteiger partial charge in [-0.1, -0.05) is 45.0 Å². The predicted octanol–water partition coefficient (Wildman–Crippen LogP) is 3.91. The van der Waals surface area contributed by atoms with Crippen LogP contribution in [0.25, 0.3) is 0 Å². The average Bonchev–Trinajstić information content (AvgIpc) is 2.41. The summed E-state index contributed by atoms with van der Waals surface area (Å²) in [4.78, 5) is 0. The monoisotopic (exact) mass is 282 g/mol. The molecule has 2 rings (SSSR count). The summed E-state index contributed by atoms with van der Waals surface area (Å²) in [6, 6.07) is 8.42. The molecule has 3 heteroatoms. The quantitative estimate of drug-likeness (QED) is 0.908. The van der Waals surface area contributed by atoms with Gasteiger partial charge in [0.25, 0.3) is 0 Å². The lowest BCUT2D eigenvalue weighted by Crippen LogP contribution is -2.30. The van der Waals surface area contributed by atoms with E-state index in [4.69, 9.17) is 0 Å². The molecule has 0 amide bonds. The van der Waals surface area contributed by atoms with Gasteiger partial charge in [-0.2, -0.15) is 23.5 Å². The van der Waals surface area contributed by atoms with Gasteiger partial charge < -0.3 is 5.11 Å². The highest BCUT2D eigenvalue weighted by Gasteiger charge is 2.30. The van der Waals surface area contributed by atoms with E-state index in [2.05, 4.69) is 45.0 Å². The summed E-state index contributed by atoms with van der Waals surface area (Å²) in [6.45, 7) is 6.70. The molecule has 1 N–H and O–H groups in total. The average molecular weight is 282 g/mol. The van der Waals surface area contributed by atoms with Crippen molar-refractivity contribution in [3.63, 3.8) is 0 Å². The molecule has 1 aliphatic heterocycles. The van der Waals surface area contributed by atoms with Crippen LogP contribution in [0.1, 0.15) is 38.0 Å². The zero-order valence-electron chi connectivity index (χ0n) is 11.3. The lowest BCUT2D eigenvalue weighted by molar-refractivity contribution is 0.180. The zero-order chi connectivity index (χ0) is 13.1. The van der Waals surface area contributed by atoms with Crippen molar-refractivity contribution in [2.75, 3.05) is 5.75 Å². The van der Waals surface area contributed by atoms with Crippen molar-refractivity contribution >= 4 is 23.5 Å². The third-order valence-electron chi connectivity index (χ3n) is 3.66. The molecule has 0 aromatic heterocycles. The fourth-order valence-corrected chi connectivity index (χ4v) is 5.14. The Morgan fingerprint density at radius 3 is 2.44 bits per heavy atom. The van der Waals surface area contributed by atoms with E-state index in [9.17, 15) is 5.11 Å². The van der Waals surface area contributed by atoms with Crippen LogP contribution in [-0.2, 0) is 6.42 Å². The maximum absolute atomic E-state index is 10.5. The molecule has 0 saturated carbocycles. The summed E-state index contributed by atoms with van der Waals surface area (Å²) in [5, 5.41) is 12.1. The summed E-state index contributed by atoms with van der Waals surface area (Å²) < 4.78 is 0. The van der Waals surface area contributed by atoms with Crippen molar-refractivity contribution in [2.45, 2.75) is 49.0 Å². The molecule has 1 aromatic carbocycles. The van der Waals surface area contributed by atoms with Crippen LogP contribution in [-0.4, -0.2) is 26.6 Å². The number of hydrogen-bond acceptors (Lipinski definition) is 3. The van der Waals surface area contributed by atoms with Gasteiger partial charge >= 0.3 is 0 Å². The topological polar surface area (TPSA) is 20.2 Å². The second-order valence-electron chi connectivity index (χ2n) is 4.96. The lowest BCUT2D eigenvalue weighted by atomic mass is 10.0. The molecule has 18 heavy (non-hydrogen) atoms. The molecule has 0 spiro atoms. The van der Waals surface area contributed by atoms with Crippen LogP contribution in [0.4, 0.5) is 0 Å². The van der Waals surface area contributed by atoms with Gasteiger partial charge in [0.1, 0.15) is 0 Å². The molecule has 1 aromatic rings. The Morgan fingerprint density at radius 1 is 1.22 bits per heavy atom. The fourth-order valence-electron chi connectivity index (χ4n) is 2.14. The van der Waals surface area contributed by atoms with Crippen molar-refractivity contribution in [2.24, 2.45) is 0 Å². The number of aliphatic hydroxyl groups is 1. The van der Waals surface area contributed by atoms with Gasteiger partial charge in [0.05, 0.1) is 6.10 Å². The first-order valence-electron chi connectivity index (χ1n) is 6.65. The van der Waals surface area contributed by atoms with Gasteiger partial charge in [-0.15, -0.1) is 0 Å². The third kappa shape index (κ3) is 3.25. The molecule has 1 nitrogen and oxygen atoms in total. The maximum Gasteiger partial charge on any atom is 0.0916 e. The largest absolute Gasteiger partial charge is 0.387 e. The van der Waals surface area contributed by atoms with Crippen molar-refractivity contribution in [1.82, 2.24) is 0 Å². The van der Waals surface area contributed by atoms with Gasteiger partial charge in [-0.25, -0.2) is 0 Å². The van der Waals surface area contributed by atoms with Crippen LogP contribution in [0.3, 0.4) is 0 Å². The Hall–Kier alpha value is -0.120. The number of benzene rings is 1. The van der Waals surface area contributed by atoms with Crippen molar-refractivity contribution in [1.29, 1.82) is 0 Å². The lowest BCUT2D eigenvalue weighted by Gasteiger charge is -2.34. The predicted molar refractivity (Wildman–Crippen MR) is 83.5 cm³/mol. The molecule has 100 valence electrons. The van der Waals surface area contributed by atoms with E-state index in [-0.39, 0.29) is 6.10 Å². The van der Waals surface area contributed by atoms with E-state index in [1.807, 2.05) is 23.5 Å². The second-order valence-corrected chi connectivity index (χ2v) is 7.99. The van der Waals surface area contributed by atoms with Gasteiger partial charge in [-0.3, -0.25) is 0 Å². The van der Waals surface area contributed by atoms with Crippen LogP contribution in [0.15, 0.2) is 24.3 Å². The standard InChI is InChI=1S/C15H22OS2/c1-4-12-5-7-13(8-6-12)15(16)14-9-17-10(2)11(3)18-14/h5-8,10-11,14-16H,4,9H2,1-3H3. The summed E-state index contributed by atoms with van der Waals surface area (Å²) in [5.74, 6) is 1.05. The van der Waals surface area contributed by atoms with Gasteiger partial charge in [0, 0.05) is 21.5 Å². The maximum atomic E-state index is 10.5. The molecule has 0 radical (unpaired) electrons. The van der Waals surface area contributed by atoms with Crippen molar-refractivity contribution in [3.05, 3.63) is 35.4 Å². The van der Waals surface area contributed by atoms with Crippen LogP contribution in [0, 0.1) is 0 Å². The first-order valence-corrected chi connectivity index (χ1v) is 8.65. The highest BCUT2D eigenvalue weighted by molar-refractivity contribution is 8.07.